The zero-order chi connectivity index (χ0) is 10.4. The molecule has 0 amide bonds. The first kappa shape index (κ1) is 12.0. The third kappa shape index (κ3) is 3.97. The molecule has 0 aromatic rings. The Balaban J connectivity index is 4.86. The van der Waals surface area contributed by atoms with Crippen LogP contribution in [0, 0.1) is 0 Å². The lowest BCUT2D eigenvalue weighted by Crippen LogP contribution is -2.11. The van der Waals surface area contributed by atoms with Crippen molar-refractivity contribution in [1.82, 2.24) is 4.90 Å². The monoisotopic (exact) mass is 179 g/mol. The molecule has 0 saturated carbocycles. The summed E-state index contributed by atoms with van der Waals surface area (Å²) in [6.45, 7) is 10.1. The van der Waals surface area contributed by atoms with Crippen molar-refractivity contribution in [3.05, 3.63) is 35.6 Å². The van der Waals surface area contributed by atoms with Gasteiger partial charge < -0.3 is 4.90 Å². The van der Waals surface area contributed by atoms with Crippen molar-refractivity contribution in [2.24, 2.45) is 0 Å². The fourth-order valence-electron chi connectivity index (χ4n) is 1.43. The molecule has 0 aliphatic heterocycles. The molecule has 13 heavy (non-hydrogen) atoms. The minimum atomic E-state index is 1.07. The van der Waals surface area contributed by atoms with Crippen LogP contribution in [0.1, 0.15) is 27.2 Å². The van der Waals surface area contributed by atoms with E-state index in [1.54, 1.807) is 0 Å². The van der Waals surface area contributed by atoms with E-state index >= 15 is 0 Å². The third-order valence-corrected chi connectivity index (χ3v) is 2.10. The molecule has 0 fully saturated rings. The van der Waals surface area contributed by atoms with Crippen LogP contribution < -0.4 is 0 Å². The number of hydrogen-bond acceptors (Lipinski definition) is 1. The fraction of sp³-hybridized carbons (Fsp3) is 0.500. The van der Waals surface area contributed by atoms with Gasteiger partial charge in [0, 0.05) is 19.8 Å². The first-order chi connectivity index (χ1) is 6.02. The van der Waals surface area contributed by atoms with Crippen LogP contribution in [-0.4, -0.2) is 19.0 Å². The van der Waals surface area contributed by atoms with Crippen LogP contribution in [0.3, 0.4) is 0 Å². The molecule has 0 N–H and O–H groups in total. The minimum absolute atomic E-state index is 1.07. The van der Waals surface area contributed by atoms with E-state index < -0.39 is 0 Å². The lowest BCUT2D eigenvalue weighted by atomic mass is 10.1. The largest absolute Gasteiger partial charge is 0.381 e. The van der Waals surface area contributed by atoms with E-state index in [4.69, 9.17) is 0 Å². The summed E-state index contributed by atoms with van der Waals surface area (Å²) in [4.78, 5) is 2.17. The van der Waals surface area contributed by atoms with Crippen LogP contribution in [0.4, 0.5) is 0 Å². The molecule has 1 heteroatoms. The lowest BCUT2D eigenvalue weighted by molar-refractivity contribution is 0.489. The number of rotatable bonds is 4. The van der Waals surface area contributed by atoms with Crippen molar-refractivity contribution < 1.29 is 0 Å². The molecule has 0 unspecified atom stereocenters. The zero-order valence-electron chi connectivity index (χ0n) is 9.52. The van der Waals surface area contributed by atoms with Gasteiger partial charge in [-0.15, -0.1) is 0 Å². The van der Waals surface area contributed by atoms with Crippen molar-refractivity contribution in [2.75, 3.05) is 14.1 Å². The summed E-state index contributed by atoms with van der Waals surface area (Å²) in [5.41, 5.74) is 3.91. The van der Waals surface area contributed by atoms with Gasteiger partial charge in [-0.3, -0.25) is 0 Å². The van der Waals surface area contributed by atoms with Crippen LogP contribution in [0.2, 0.25) is 0 Å². The standard InChI is InChI=1S/C12H21N/c1-7-10(3)9-11(4)12(8-2)13(5)6/h7,9H,1,8H2,2-6H3. The molecule has 1 nitrogen and oxygen atoms in total. The molecule has 0 aliphatic carbocycles. The number of nitrogens with zero attached hydrogens (tertiary/aromatic N) is 1. The topological polar surface area (TPSA) is 3.24 Å². The normalized spacial score (nSPS) is 13.8. The van der Waals surface area contributed by atoms with Crippen LogP contribution in [0.25, 0.3) is 0 Å². The second kappa shape index (κ2) is 5.63. The molecular weight excluding hydrogens is 158 g/mol. The highest BCUT2D eigenvalue weighted by Gasteiger charge is 1.99. The second-order valence-corrected chi connectivity index (χ2v) is 3.47. The maximum absolute atomic E-state index is 3.74. The molecular formula is C12H21N. The quantitative estimate of drug-likeness (QED) is 0.598. The summed E-state index contributed by atoms with van der Waals surface area (Å²) in [5.74, 6) is 0. The predicted molar refractivity (Wildman–Crippen MR) is 60.6 cm³/mol. The van der Waals surface area contributed by atoms with Crippen molar-refractivity contribution >= 4 is 0 Å². The van der Waals surface area contributed by atoms with Gasteiger partial charge in [-0.05, 0) is 25.8 Å². The predicted octanol–water partition coefficient (Wildman–Crippen LogP) is 3.36. The van der Waals surface area contributed by atoms with Crippen molar-refractivity contribution in [3.63, 3.8) is 0 Å². The van der Waals surface area contributed by atoms with Crippen LogP contribution >= 0.6 is 0 Å². The highest BCUT2D eigenvalue weighted by molar-refractivity contribution is 5.29. The Kier molecular flexibility index (Phi) is 5.20. The Morgan fingerprint density at radius 3 is 2.15 bits per heavy atom. The van der Waals surface area contributed by atoms with Crippen LogP contribution in [-0.2, 0) is 0 Å². The Morgan fingerprint density at radius 2 is 1.85 bits per heavy atom. The number of hydrogen-bond donors (Lipinski definition) is 0. The SMILES string of the molecule is C=CC(C)=CC(C)=C(CC)N(C)C. The van der Waals surface area contributed by atoms with Gasteiger partial charge in [-0.2, -0.15) is 0 Å². The van der Waals surface area contributed by atoms with Gasteiger partial charge >= 0.3 is 0 Å². The molecule has 0 spiro atoms. The molecule has 0 radical (unpaired) electrons. The van der Waals surface area contributed by atoms with Crippen molar-refractivity contribution in [2.45, 2.75) is 27.2 Å². The molecule has 0 aromatic heterocycles. The summed E-state index contributed by atoms with van der Waals surface area (Å²) in [7, 11) is 4.17. The third-order valence-electron chi connectivity index (χ3n) is 2.10. The van der Waals surface area contributed by atoms with E-state index in [1.165, 1.54) is 16.8 Å². The summed E-state index contributed by atoms with van der Waals surface area (Å²) in [5, 5.41) is 0. The smallest absolute Gasteiger partial charge is 0.0154 e. The maximum atomic E-state index is 3.74. The molecule has 0 aliphatic rings. The molecule has 0 heterocycles. The van der Waals surface area contributed by atoms with Crippen molar-refractivity contribution in [3.8, 4) is 0 Å². The fourth-order valence-corrected chi connectivity index (χ4v) is 1.43. The van der Waals surface area contributed by atoms with E-state index in [0.29, 0.717) is 0 Å². The minimum Gasteiger partial charge on any atom is -0.381 e. The van der Waals surface area contributed by atoms with Gasteiger partial charge in [0.25, 0.3) is 0 Å². The Labute approximate surface area is 82.4 Å². The highest BCUT2D eigenvalue weighted by Crippen LogP contribution is 2.13. The molecule has 0 aromatic carbocycles. The first-order valence-corrected chi connectivity index (χ1v) is 4.70. The summed E-state index contributed by atoms with van der Waals surface area (Å²) in [6, 6.07) is 0. The van der Waals surface area contributed by atoms with Gasteiger partial charge in [0.15, 0.2) is 0 Å². The first-order valence-electron chi connectivity index (χ1n) is 4.70. The summed E-state index contributed by atoms with van der Waals surface area (Å²) >= 11 is 0. The van der Waals surface area contributed by atoms with Gasteiger partial charge in [0.2, 0.25) is 0 Å². The highest BCUT2D eigenvalue weighted by atomic mass is 15.1. The van der Waals surface area contributed by atoms with E-state index in [9.17, 15) is 0 Å². The van der Waals surface area contributed by atoms with Gasteiger partial charge in [-0.25, -0.2) is 0 Å². The van der Waals surface area contributed by atoms with E-state index in [-0.39, 0.29) is 0 Å². The zero-order valence-corrected chi connectivity index (χ0v) is 9.52. The molecule has 0 bridgehead atoms. The molecule has 0 atom stereocenters. The van der Waals surface area contributed by atoms with Crippen molar-refractivity contribution in [1.29, 1.82) is 0 Å². The molecule has 74 valence electrons. The van der Waals surface area contributed by atoms with Gasteiger partial charge in [0.05, 0.1) is 0 Å². The average Bonchev–Trinajstić information content (AvgIpc) is 2.04. The summed E-state index contributed by atoms with van der Waals surface area (Å²) < 4.78 is 0. The van der Waals surface area contributed by atoms with Gasteiger partial charge in [-0.1, -0.05) is 31.2 Å². The van der Waals surface area contributed by atoms with Crippen LogP contribution in [0.15, 0.2) is 35.6 Å². The Hall–Kier alpha value is -0.980. The summed E-state index contributed by atoms with van der Waals surface area (Å²) in [6.07, 6.45) is 5.12. The van der Waals surface area contributed by atoms with E-state index in [2.05, 4.69) is 52.4 Å². The number of allylic oxidation sites excluding steroid dienone is 5. The average molecular weight is 179 g/mol. The van der Waals surface area contributed by atoms with E-state index in [1.807, 2.05) is 6.08 Å². The molecule has 0 saturated heterocycles. The van der Waals surface area contributed by atoms with Gasteiger partial charge in [0.1, 0.15) is 0 Å². The maximum Gasteiger partial charge on any atom is 0.0154 e. The van der Waals surface area contributed by atoms with E-state index in [0.717, 1.165) is 6.42 Å². The molecule has 0 rings (SSSR count). The Morgan fingerprint density at radius 1 is 1.31 bits per heavy atom. The van der Waals surface area contributed by atoms with Crippen LogP contribution in [0.5, 0.6) is 0 Å². The Bertz CT molecular complexity index is 232. The lowest BCUT2D eigenvalue weighted by Gasteiger charge is -2.18. The second-order valence-electron chi connectivity index (χ2n) is 3.47.